The van der Waals surface area contributed by atoms with E-state index >= 15 is 0 Å². The van der Waals surface area contributed by atoms with Crippen LogP contribution in [0.4, 0.5) is 0 Å². The highest BCUT2D eigenvalue weighted by Gasteiger charge is 2.27. The van der Waals surface area contributed by atoms with Crippen molar-refractivity contribution >= 4 is 16.7 Å². The number of aromatic nitrogens is 2. The molecule has 2 heterocycles. The van der Waals surface area contributed by atoms with Crippen LogP contribution in [0.2, 0.25) is 0 Å². The zero-order valence-corrected chi connectivity index (χ0v) is 14.7. The summed E-state index contributed by atoms with van der Waals surface area (Å²) < 4.78 is 11.0. The lowest BCUT2D eigenvalue weighted by Crippen LogP contribution is -2.40. The van der Waals surface area contributed by atoms with Crippen LogP contribution in [-0.4, -0.2) is 40.6 Å². The number of rotatable bonds is 4. The predicted molar refractivity (Wildman–Crippen MR) is 97.0 cm³/mol. The third-order valence-corrected chi connectivity index (χ3v) is 4.82. The number of ether oxygens (including phenoxy) is 1. The highest BCUT2D eigenvalue weighted by Crippen LogP contribution is 2.27. The second-order valence-corrected chi connectivity index (χ2v) is 6.63. The first-order valence-electron chi connectivity index (χ1n) is 8.88. The topological polar surface area (TPSA) is 68.5 Å². The van der Waals surface area contributed by atoms with Crippen molar-refractivity contribution in [1.29, 1.82) is 0 Å². The minimum Gasteiger partial charge on any atom is -0.484 e. The Labute approximate surface area is 151 Å². The van der Waals surface area contributed by atoms with Crippen LogP contribution in [-0.2, 0) is 4.79 Å². The van der Waals surface area contributed by atoms with Gasteiger partial charge in [-0.2, -0.15) is 4.98 Å². The maximum absolute atomic E-state index is 12.4. The minimum atomic E-state index is 0.0123. The molecule has 0 N–H and O–H groups in total. The van der Waals surface area contributed by atoms with Gasteiger partial charge in [0.25, 0.3) is 5.91 Å². The second-order valence-electron chi connectivity index (χ2n) is 6.63. The molecule has 1 aromatic heterocycles. The van der Waals surface area contributed by atoms with Crippen LogP contribution >= 0.6 is 0 Å². The normalized spacial score (nSPS) is 15.3. The molecule has 0 bridgehead atoms. The highest BCUT2D eigenvalue weighted by molar-refractivity contribution is 5.84. The standard InChI is InChI=1S/C20H21N3O3/c1-14-21-20(26-22-14)16-8-10-23(11-9-16)19(24)13-25-18-7-6-15-4-2-3-5-17(15)12-18/h2-7,12,16H,8-11,13H2,1H3. The molecule has 134 valence electrons. The smallest absolute Gasteiger partial charge is 0.260 e. The molecule has 0 aliphatic carbocycles. The summed E-state index contributed by atoms with van der Waals surface area (Å²) in [6.45, 7) is 3.25. The third-order valence-electron chi connectivity index (χ3n) is 4.82. The van der Waals surface area contributed by atoms with Gasteiger partial charge in [-0.3, -0.25) is 4.79 Å². The fourth-order valence-corrected chi connectivity index (χ4v) is 3.35. The van der Waals surface area contributed by atoms with Crippen molar-refractivity contribution in [3.05, 3.63) is 54.2 Å². The van der Waals surface area contributed by atoms with E-state index in [1.54, 1.807) is 0 Å². The van der Waals surface area contributed by atoms with Crippen molar-refractivity contribution in [2.45, 2.75) is 25.7 Å². The first kappa shape index (κ1) is 16.6. The number of hydrogen-bond donors (Lipinski definition) is 0. The van der Waals surface area contributed by atoms with E-state index in [4.69, 9.17) is 9.26 Å². The van der Waals surface area contributed by atoms with E-state index in [0.29, 0.717) is 30.6 Å². The van der Waals surface area contributed by atoms with Gasteiger partial charge in [0.05, 0.1) is 0 Å². The fraction of sp³-hybridized carbons (Fsp3) is 0.350. The van der Waals surface area contributed by atoms with Crippen LogP contribution in [0, 0.1) is 6.92 Å². The molecule has 0 atom stereocenters. The molecular formula is C20H21N3O3. The number of nitrogens with zero attached hydrogens (tertiary/aromatic N) is 3. The van der Waals surface area contributed by atoms with Gasteiger partial charge in [0.15, 0.2) is 12.4 Å². The Kier molecular flexibility index (Phi) is 4.56. The van der Waals surface area contributed by atoms with Crippen LogP contribution < -0.4 is 4.74 Å². The molecule has 1 aliphatic heterocycles. The fourth-order valence-electron chi connectivity index (χ4n) is 3.35. The Balaban J connectivity index is 1.31. The van der Waals surface area contributed by atoms with Gasteiger partial charge in [0.1, 0.15) is 5.75 Å². The van der Waals surface area contributed by atoms with Crippen molar-refractivity contribution in [2.24, 2.45) is 0 Å². The van der Waals surface area contributed by atoms with E-state index in [-0.39, 0.29) is 18.4 Å². The zero-order valence-electron chi connectivity index (χ0n) is 14.7. The molecule has 1 amide bonds. The quantitative estimate of drug-likeness (QED) is 0.721. The maximum atomic E-state index is 12.4. The second kappa shape index (κ2) is 7.15. The van der Waals surface area contributed by atoms with Crippen LogP contribution in [0.25, 0.3) is 10.8 Å². The van der Waals surface area contributed by atoms with E-state index < -0.39 is 0 Å². The predicted octanol–water partition coefficient (Wildman–Crippen LogP) is 3.32. The van der Waals surface area contributed by atoms with E-state index in [1.807, 2.05) is 48.2 Å². The van der Waals surface area contributed by atoms with E-state index in [1.165, 1.54) is 0 Å². The number of carbonyl (C=O) groups excluding carboxylic acids is 1. The Hall–Kier alpha value is -2.89. The Morgan fingerprint density at radius 1 is 1.19 bits per heavy atom. The van der Waals surface area contributed by atoms with Gasteiger partial charge >= 0.3 is 0 Å². The summed E-state index contributed by atoms with van der Waals surface area (Å²) >= 11 is 0. The molecule has 2 aromatic carbocycles. The lowest BCUT2D eigenvalue weighted by molar-refractivity contribution is -0.134. The molecule has 0 unspecified atom stereocenters. The molecule has 3 aromatic rings. The highest BCUT2D eigenvalue weighted by atomic mass is 16.5. The van der Waals surface area contributed by atoms with Crippen molar-refractivity contribution in [1.82, 2.24) is 15.0 Å². The first-order chi connectivity index (χ1) is 12.7. The zero-order chi connectivity index (χ0) is 17.9. The summed E-state index contributed by atoms with van der Waals surface area (Å²) in [4.78, 5) is 18.6. The average Bonchev–Trinajstić information content (AvgIpc) is 3.12. The third kappa shape index (κ3) is 3.54. The van der Waals surface area contributed by atoms with Gasteiger partial charge in [-0.15, -0.1) is 0 Å². The van der Waals surface area contributed by atoms with Crippen molar-refractivity contribution in [3.8, 4) is 5.75 Å². The van der Waals surface area contributed by atoms with Crippen LogP contribution in [0.1, 0.15) is 30.5 Å². The SMILES string of the molecule is Cc1noc(C2CCN(C(=O)COc3ccc4ccccc4c3)CC2)n1. The van der Waals surface area contributed by atoms with Crippen LogP contribution in [0.15, 0.2) is 47.0 Å². The van der Waals surface area contributed by atoms with Gasteiger partial charge in [-0.25, -0.2) is 0 Å². The molecular weight excluding hydrogens is 330 g/mol. The Morgan fingerprint density at radius 3 is 2.69 bits per heavy atom. The number of benzene rings is 2. The number of amides is 1. The minimum absolute atomic E-state index is 0.0123. The summed E-state index contributed by atoms with van der Waals surface area (Å²) in [5.41, 5.74) is 0. The van der Waals surface area contributed by atoms with Gasteiger partial charge < -0.3 is 14.2 Å². The maximum Gasteiger partial charge on any atom is 0.260 e. The largest absolute Gasteiger partial charge is 0.484 e. The summed E-state index contributed by atoms with van der Waals surface area (Å²) in [5, 5.41) is 6.11. The molecule has 1 aliphatic rings. The molecule has 1 saturated heterocycles. The number of aryl methyl sites for hydroxylation is 1. The van der Waals surface area contributed by atoms with E-state index in [9.17, 15) is 4.79 Å². The van der Waals surface area contributed by atoms with Gasteiger partial charge in [-0.1, -0.05) is 35.5 Å². The number of likely N-dealkylation sites (tertiary alicyclic amines) is 1. The van der Waals surface area contributed by atoms with E-state index in [2.05, 4.69) is 16.2 Å². The monoisotopic (exact) mass is 351 g/mol. The number of fused-ring (bicyclic) bond motifs is 1. The lowest BCUT2D eigenvalue weighted by Gasteiger charge is -2.30. The molecule has 0 spiro atoms. The van der Waals surface area contributed by atoms with Crippen molar-refractivity contribution in [3.63, 3.8) is 0 Å². The molecule has 26 heavy (non-hydrogen) atoms. The van der Waals surface area contributed by atoms with Crippen molar-refractivity contribution in [2.75, 3.05) is 19.7 Å². The summed E-state index contributed by atoms with van der Waals surface area (Å²) in [5.74, 6) is 2.30. The Bertz CT molecular complexity index is 913. The van der Waals surface area contributed by atoms with Gasteiger partial charge in [-0.05, 0) is 42.7 Å². The summed E-state index contributed by atoms with van der Waals surface area (Å²) in [7, 11) is 0. The van der Waals surface area contributed by atoms with Crippen LogP contribution in [0.5, 0.6) is 5.75 Å². The number of carbonyl (C=O) groups is 1. The first-order valence-corrected chi connectivity index (χ1v) is 8.88. The summed E-state index contributed by atoms with van der Waals surface area (Å²) in [6.07, 6.45) is 1.67. The van der Waals surface area contributed by atoms with Crippen molar-refractivity contribution < 1.29 is 14.1 Å². The number of hydrogen-bond acceptors (Lipinski definition) is 5. The summed E-state index contributed by atoms with van der Waals surface area (Å²) in [6, 6.07) is 14.0. The molecule has 0 radical (unpaired) electrons. The molecule has 1 fully saturated rings. The van der Waals surface area contributed by atoms with E-state index in [0.717, 1.165) is 23.6 Å². The molecule has 4 rings (SSSR count). The number of piperidine rings is 1. The molecule has 6 heteroatoms. The molecule has 0 saturated carbocycles. The van der Waals surface area contributed by atoms with Gasteiger partial charge in [0.2, 0.25) is 5.89 Å². The Morgan fingerprint density at radius 2 is 1.96 bits per heavy atom. The lowest BCUT2D eigenvalue weighted by atomic mass is 9.97. The van der Waals surface area contributed by atoms with Gasteiger partial charge in [0, 0.05) is 19.0 Å². The average molecular weight is 351 g/mol. The van der Waals surface area contributed by atoms with Crippen LogP contribution in [0.3, 0.4) is 0 Å². The molecule has 6 nitrogen and oxygen atoms in total.